The van der Waals surface area contributed by atoms with Crippen LogP contribution in [0.3, 0.4) is 0 Å². The summed E-state index contributed by atoms with van der Waals surface area (Å²) in [5.41, 5.74) is 0. The van der Waals surface area contributed by atoms with Gasteiger partial charge in [-0.1, -0.05) is 13.8 Å². The Hall–Kier alpha value is -1.27. The van der Waals surface area contributed by atoms with Gasteiger partial charge in [-0.2, -0.15) is 13.2 Å². The molecule has 1 aliphatic rings. The summed E-state index contributed by atoms with van der Waals surface area (Å²) >= 11 is 0. The van der Waals surface area contributed by atoms with Crippen LogP contribution in [-0.2, 0) is 9.59 Å². The molecule has 20 heavy (non-hydrogen) atoms. The molecule has 116 valence electrons. The molecule has 0 aromatic heterocycles. The average Bonchev–Trinajstić information content (AvgIpc) is 2.71. The molecule has 0 aromatic rings. The van der Waals surface area contributed by atoms with Crippen LogP contribution in [0.4, 0.5) is 13.2 Å². The summed E-state index contributed by atoms with van der Waals surface area (Å²) in [5, 5.41) is 0. The molecule has 0 N–H and O–H groups in total. The fourth-order valence-electron chi connectivity index (χ4n) is 2.49. The van der Waals surface area contributed by atoms with Crippen LogP contribution in [0.15, 0.2) is 0 Å². The molecule has 1 heterocycles. The number of carbonyl (C=O) groups is 2. The van der Waals surface area contributed by atoms with E-state index in [2.05, 4.69) is 0 Å². The molecule has 0 aromatic carbocycles. The monoisotopic (exact) mass is 294 g/mol. The van der Waals surface area contributed by atoms with E-state index in [1.807, 2.05) is 0 Å². The van der Waals surface area contributed by atoms with Crippen LogP contribution >= 0.6 is 0 Å². The topological polar surface area (TPSA) is 40.6 Å². The zero-order valence-corrected chi connectivity index (χ0v) is 12.0. The number of rotatable bonds is 5. The first-order valence-corrected chi connectivity index (χ1v) is 6.82. The quantitative estimate of drug-likeness (QED) is 0.778. The van der Waals surface area contributed by atoms with Gasteiger partial charge in [0.2, 0.25) is 11.8 Å². The fourth-order valence-corrected chi connectivity index (χ4v) is 2.49. The van der Waals surface area contributed by atoms with Crippen molar-refractivity contribution in [3.8, 4) is 0 Å². The lowest BCUT2D eigenvalue weighted by atomic mass is 10.0. The third kappa shape index (κ3) is 4.11. The van der Waals surface area contributed by atoms with Crippen LogP contribution in [0.25, 0.3) is 0 Å². The van der Waals surface area contributed by atoms with Crippen LogP contribution in [0, 0.1) is 5.92 Å². The summed E-state index contributed by atoms with van der Waals surface area (Å²) < 4.78 is 37.5. The molecule has 1 fully saturated rings. The number of halogens is 3. The standard InChI is InChI=1S/C13H21F3N2O2/c1-4-17(8-13(14,15)16)12(20)11(9(2)3)18-7-5-6-10(18)19/h9,11H,4-8H2,1-3H3/t11-/m1/s1. The number of amides is 2. The van der Waals surface area contributed by atoms with Gasteiger partial charge in [0.05, 0.1) is 0 Å². The number of alkyl halides is 3. The molecule has 1 aliphatic heterocycles. The zero-order valence-electron chi connectivity index (χ0n) is 12.0. The van der Waals surface area contributed by atoms with Gasteiger partial charge in [0.15, 0.2) is 0 Å². The van der Waals surface area contributed by atoms with Gasteiger partial charge in [-0.15, -0.1) is 0 Å². The highest BCUT2D eigenvalue weighted by Crippen LogP contribution is 2.23. The number of likely N-dealkylation sites (N-methyl/N-ethyl adjacent to an activating group) is 1. The molecule has 4 nitrogen and oxygen atoms in total. The number of hydrogen-bond acceptors (Lipinski definition) is 2. The number of likely N-dealkylation sites (tertiary alicyclic amines) is 1. The van der Waals surface area contributed by atoms with Gasteiger partial charge in [-0.05, 0) is 19.3 Å². The summed E-state index contributed by atoms with van der Waals surface area (Å²) in [4.78, 5) is 26.3. The first-order valence-electron chi connectivity index (χ1n) is 6.82. The molecule has 0 bridgehead atoms. The van der Waals surface area contributed by atoms with Gasteiger partial charge in [-0.3, -0.25) is 9.59 Å². The Labute approximate surface area is 116 Å². The van der Waals surface area contributed by atoms with Gasteiger partial charge >= 0.3 is 6.18 Å². The Morgan fingerprint density at radius 2 is 2.00 bits per heavy atom. The van der Waals surface area contributed by atoms with E-state index in [9.17, 15) is 22.8 Å². The van der Waals surface area contributed by atoms with E-state index in [1.165, 1.54) is 11.8 Å². The first kappa shape index (κ1) is 16.8. The van der Waals surface area contributed by atoms with Crippen molar-refractivity contribution in [2.45, 2.75) is 45.8 Å². The molecule has 2 amide bonds. The smallest absolute Gasteiger partial charge is 0.332 e. The molecule has 7 heteroatoms. The van der Waals surface area contributed by atoms with Crippen molar-refractivity contribution in [1.82, 2.24) is 9.80 Å². The van der Waals surface area contributed by atoms with E-state index >= 15 is 0 Å². The van der Waals surface area contributed by atoms with Crippen molar-refractivity contribution in [3.05, 3.63) is 0 Å². The van der Waals surface area contributed by atoms with E-state index in [-0.39, 0.29) is 18.4 Å². The van der Waals surface area contributed by atoms with Crippen LogP contribution in [0.2, 0.25) is 0 Å². The highest BCUT2D eigenvalue weighted by Gasteiger charge is 2.40. The van der Waals surface area contributed by atoms with E-state index in [4.69, 9.17) is 0 Å². The highest BCUT2D eigenvalue weighted by atomic mass is 19.4. The summed E-state index contributed by atoms with van der Waals surface area (Å²) in [6.45, 7) is 4.15. The number of hydrogen-bond donors (Lipinski definition) is 0. The summed E-state index contributed by atoms with van der Waals surface area (Å²) in [6.07, 6.45) is -3.41. The van der Waals surface area contributed by atoms with E-state index in [0.717, 1.165) is 4.90 Å². The van der Waals surface area contributed by atoms with Gasteiger partial charge in [0.25, 0.3) is 0 Å². The van der Waals surface area contributed by atoms with Crippen LogP contribution < -0.4 is 0 Å². The first-order chi connectivity index (χ1) is 9.17. The van der Waals surface area contributed by atoms with E-state index in [1.54, 1.807) is 13.8 Å². The number of carbonyl (C=O) groups excluding carboxylic acids is 2. The third-order valence-corrected chi connectivity index (χ3v) is 3.39. The lowest BCUT2D eigenvalue weighted by Crippen LogP contribution is -2.53. The molecule has 0 unspecified atom stereocenters. The van der Waals surface area contributed by atoms with Crippen molar-refractivity contribution >= 4 is 11.8 Å². The molecule has 0 radical (unpaired) electrons. The SMILES string of the molecule is CCN(CC(F)(F)F)C(=O)[C@@H](C(C)C)N1CCCC1=O. The molecule has 0 spiro atoms. The van der Waals surface area contributed by atoms with Crippen molar-refractivity contribution < 1.29 is 22.8 Å². The van der Waals surface area contributed by atoms with E-state index < -0.39 is 24.7 Å². The molecule has 1 rings (SSSR count). The maximum Gasteiger partial charge on any atom is 0.406 e. The maximum atomic E-state index is 12.5. The van der Waals surface area contributed by atoms with Crippen molar-refractivity contribution in [1.29, 1.82) is 0 Å². The second-order valence-corrected chi connectivity index (χ2v) is 5.35. The molecule has 0 aliphatic carbocycles. The van der Waals surface area contributed by atoms with Gasteiger partial charge < -0.3 is 9.80 Å². The van der Waals surface area contributed by atoms with Gasteiger partial charge in [0, 0.05) is 19.5 Å². The Kier molecular flexibility index (Phi) is 5.42. The minimum absolute atomic E-state index is 0.0242. The normalized spacial score (nSPS) is 17.8. The third-order valence-electron chi connectivity index (χ3n) is 3.39. The van der Waals surface area contributed by atoms with Crippen molar-refractivity contribution in [3.63, 3.8) is 0 Å². The Balaban J connectivity index is 2.90. The highest BCUT2D eigenvalue weighted by molar-refractivity contribution is 5.88. The summed E-state index contributed by atoms with van der Waals surface area (Å²) in [6, 6.07) is -0.799. The van der Waals surface area contributed by atoms with Crippen molar-refractivity contribution in [2.75, 3.05) is 19.6 Å². The summed E-state index contributed by atoms with van der Waals surface area (Å²) in [5.74, 6) is -0.984. The lowest BCUT2D eigenvalue weighted by molar-refractivity contribution is -0.166. The largest absolute Gasteiger partial charge is 0.406 e. The Morgan fingerprint density at radius 3 is 2.35 bits per heavy atom. The maximum absolute atomic E-state index is 12.5. The molecular formula is C13H21F3N2O2. The van der Waals surface area contributed by atoms with Crippen LogP contribution in [-0.4, -0.2) is 53.5 Å². The average molecular weight is 294 g/mol. The van der Waals surface area contributed by atoms with Crippen molar-refractivity contribution in [2.24, 2.45) is 5.92 Å². The number of nitrogens with zero attached hydrogens (tertiary/aromatic N) is 2. The molecule has 1 atom stereocenters. The predicted octanol–water partition coefficient (Wildman–Crippen LogP) is 2.04. The Morgan fingerprint density at radius 1 is 1.40 bits per heavy atom. The zero-order chi connectivity index (χ0) is 15.5. The predicted molar refractivity (Wildman–Crippen MR) is 67.9 cm³/mol. The second-order valence-electron chi connectivity index (χ2n) is 5.35. The van der Waals surface area contributed by atoms with Crippen LogP contribution in [0.5, 0.6) is 0 Å². The van der Waals surface area contributed by atoms with Gasteiger partial charge in [0.1, 0.15) is 12.6 Å². The van der Waals surface area contributed by atoms with E-state index in [0.29, 0.717) is 19.4 Å². The minimum Gasteiger partial charge on any atom is -0.332 e. The molecular weight excluding hydrogens is 273 g/mol. The fraction of sp³-hybridized carbons (Fsp3) is 0.846. The van der Waals surface area contributed by atoms with Crippen LogP contribution in [0.1, 0.15) is 33.6 Å². The Bertz CT molecular complexity index is 369. The lowest BCUT2D eigenvalue weighted by Gasteiger charge is -2.34. The minimum atomic E-state index is -4.43. The summed E-state index contributed by atoms with van der Waals surface area (Å²) in [7, 11) is 0. The van der Waals surface area contributed by atoms with Gasteiger partial charge in [-0.25, -0.2) is 0 Å². The molecule has 0 saturated carbocycles. The second kappa shape index (κ2) is 6.45. The molecule has 1 saturated heterocycles.